The first-order valence-electron chi connectivity index (χ1n) is 16.6. The average molecular weight is 594 g/mol. The van der Waals surface area contributed by atoms with Crippen molar-refractivity contribution in [3.05, 3.63) is 59.2 Å². The molecule has 0 spiro atoms. The summed E-state index contributed by atoms with van der Waals surface area (Å²) in [5.41, 5.74) is 1.90. The molecule has 238 valence electrons. The molecule has 1 unspecified atom stereocenters. The van der Waals surface area contributed by atoms with E-state index in [4.69, 9.17) is 9.47 Å². The van der Waals surface area contributed by atoms with Crippen LogP contribution in [0.1, 0.15) is 87.3 Å². The van der Waals surface area contributed by atoms with E-state index in [9.17, 15) is 9.90 Å². The molecule has 1 aliphatic carbocycles. The highest BCUT2D eigenvalue weighted by Crippen LogP contribution is 2.45. The van der Waals surface area contributed by atoms with Crippen LogP contribution in [0.2, 0.25) is 0 Å². The molecule has 2 fully saturated rings. The number of carbonyl (C=O) groups excluding carboxylic acids is 1. The number of ether oxygens (including phenoxy) is 2. The second-order valence-corrected chi connectivity index (χ2v) is 13.0. The van der Waals surface area contributed by atoms with Crippen LogP contribution in [0, 0.1) is 25.7 Å². The van der Waals surface area contributed by atoms with Crippen LogP contribution in [0.25, 0.3) is 0 Å². The van der Waals surface area contributed by atoms with Crippen LogP contribution in [0.15, 0.2) is 42.5 Å². The summed E-state index contributed by atoms with van der Waals surface area (Å²) in [7, 11) is 3.67. The summed E-state index contributed by atoms with van der Waals surface area (Å²) in [5, 5.41) is 19.4. The number of nitrogens with zero attached hydrogens (tertiary/aromatic N) is 1. The van der Waals surface area contributed by atoms with Gasteiger partial charge in [-0.05, 0) is 89.6 Å². The number of piperidine rings is 1. The van der Waals surface area contributed by atoms with Crippen LogP contribution in [-0.2, 0) is 10.3 Å². The number of likely N-dealkylation sites (N-methyl/N-ethyl adjacent to an activating group) is 1. The molecule has 4 rings (SSSR count). The molecule has 1 saturated carbocycles. The van der Waals surface area contributed by atoms with Crippen LogP contribution in [-0.4, -0.2) is 62.5 Å². The first-order valence-corrected chi connectivity index (χ1v) is 16.6. The van der Waals surface area contributed by atoms with E-state index in [0.717, 1.165) is 55.5 Å². The Balaban J connectivity index is 1.55. The van der Waals surface area contributed by atoms with Gasteiger partial charge < -0.3 is 30.1 Å². The van der Waals surface area contributed by atoms with E-state index in [-0.39, 0.29) is 18.0 Å². The number of nitrogens with one attached hydrogen (secondary N) is 2. The normalized spacial score (nSPS) is 19.9. The van der Waals surface area contributed by atoms with Gasteiger partial charge in [-0.1, -0.05) is 61.4 Å². The molecule has 3 N–H and O–H groups in total. The fourth-order valence-electron chi connectivity index (χ4n) is 7.09. The van der Waals surface area contributed by atoms with Crippen molar-refractivity contribution in [2.75, 3.05) is 40.4 Å². The summed E-state index contributed by atoms with van der Waals surface area (Å²) in [6.07, 6.45) is 11.5. The Kier molecular flexibility index (Phi) is 12.7. The summed E-state index contributed by atoms with van der Waals surface area (Å²) >= 11 is 0. The minimum Gasteiger partial charge on any atom is -0.457 e. The topological polar surface area (TPSA) is 83.1 Å². The maximum Gasteiger partial charge on any atom is 0.317 e. The second-order valence-electron chi connectivity index (χ2n) is 13.0. The van der Waals surface area contributed by atoms with Gasteiger partial charge in [0.05, 0.1) is 5.60 Å². The number of carbonyl (C=O) groups is 1. The Morgan fingerprint density at radius 2 is 1.77 bits per heavy atom. The highest BCUT2D eigenvalue weighted by atomic mass is 16.5. The largest absolute Gasteiger partial charge is 0.457 e. The van der Waals surface area contributed by atoms with Gasteiger partial charge in [0.25, 0.3) is 0 Å². The molecule has 43 heavy (non-hydrogen) atoms. The number of likely N-dealkylation sites (tertiary alicyclic amines) is 1. The molecule has 2 aromatic carbocycles. The number of aryl methyl sites for hydroxylation is 2. The van der Waals surface area contributed by atoms with Gasteiger partial charge in [0.1, 0.15) is 11.5 Å². The number of rotatable bonds is 14. The van der Waals surface area contributed by atoms with Gasteiger partial charge in [-0.25, -0.2) is 4.79 Å². The Morgan fingerprint density at radius 1 is 1.02 bits per heavy atom. The third-order valence-electron chi connectivity index (χ3n) is 9.51. The van der Waals surface area contributed by atoms with Crippen molar-refractivity contribution in [3.8, 4) is 11.5 Å². The molecule has 7 nitrogen and oxygen atoms in total. The van der Waals surface area contributed by atoms with E-state index >= 15 is 0 Å². The average Bonchev–Trinajstić information content (AvgIpc) is 3.02. The molecule has 7 heteroatoms. The quantitative estimate of drug-likeness (QED) is 0.204. The number of urea groups is 1. The minimum atomic E-state index is -1.15. The summed E-state index contributed by atoms with van der Waals surface area (Å²) in [6, 6.07) is 14.2. The van der Waals surface area contributed by atoms with Gasteiger partial charge in [0, 0.05) is 50.9 Å². The highest BCUT2D eigenvalue weighted by Gasteiger charge is 2.43. The third-order valence-corrected chi connectivity index (χ3v) is 9.51. The SMILES string of the molecule is CNCC(CC1CCCCC1)NC(=O)N1CCC[C@@H]([C@@](O)(CCCCOC)c2cc(C)ccc2Oc2ccc(C)cc2)C1. The van der Waals surface area contributed by atoms with Gasteiger partial charge >= 0.3 is 6.03 Å². The van der Waals surface area contributed by atoms with Crippen LogP contribution in [0.5, 0.6) is 11.5 Å². The van der Waals surface area contributed by atoms with E-state index in [0.29, 0.717) is 37.8 Å². The molecule has 2 aliphatic rings. The third kappa shape index (κ3) is 9.44. The molecule has 2 amide bonds. The smallest absolute Gasteiger partial charge is 0.317 e. The first-order chi connectivity index (χ1) is 20.8. The molecular weight excluding hydrogens is 538 g/mol. The number of hydrogen-bond acceptors (Lipinski definition) is 5. The lowest BCUT2D eigenvalue weighted by Gasteiger charge is -2.43. The lowest BCUT2D eigenvalue weighted by atomic mass is 9.73. The van der Waals surface area contributed by atoms with E-state index in [1.807, 2.05) is 48.3 Å². The van der Waals surface area contributed by atoms with Crippen molar-refractivity contribution in [3.63, 3.8) is 0 Å². The van der Waals surface area contributed by atoms with Crippen molar-refractivity contribution in [2.24, 2.45) is 11.8 Å². The number of amides is 2. The lowest BCUT2D eigenvalue weighted by molar-refractivity contribution is -0.0575. The Morgan fingerprint density at radius 3 is 2.49 bits per heavy atom. The zero-order valence-electron chi connectivity index (χ0n) is 27.0. The summed E-state index contributed by atoms with van der Waals surface area (Å²) in [4.78, 5) is 15.6. The van der Waals surface area contributed by atoms with Crippen molar-refractivity contribution < 1.29 is 19.4 Å². The van der Waals surface area contributed by atoms with Gasteiger partial charge in [-0.2, -0.15) is 0 Å². The Bertz CT molecular complexity index is 1130. The van der Waals surface area contributed by atoms with Crippen molar-refractivity contribution >= 4 is 6.03 Å². The summed E-state index contributed by atoms with van der Waals surface area (Å²) in [5.74, 6) is 1.99. The van der Waals surface area contributed by atoms with E-state index in [1.54, 1.807) is 7.11 Å². The maximum absolute atomic E-state index is 13.7. The van der Waals surface area contributed by atoms with Gasteiger partial charge in [-0.3, -0.25) is 0 Å². The van der Waals surface area contributed by atoms with Gasteiger partial charge in [-0.15, -0.1) is 0 Å². The number of aliphatic hydroxyl groups is 1. The standard InChI is InChI=1S/C36H55N3O4/c1-27-14-17-32(18-15-27)43-34-19-16-28(2)23-33(34)36(41,20-8-9-22-42-4)30-13-10-21-39(26-30)35(40)38-31(25-37-3)24-29-11-6-5-7-12-29/h14-19,23,29-31,37,41H,5-13,20-22,24-26H2,1-4H3,(H,38,40)/t30-,31?,36+/m1/s1. The summed E-state index contributed by atoms with van der Waals surface area (Å²) < 4.78 is 11.8. The molecular formula is C36H55N3O4. The molecule has 1 aliphatic heterocycles. The second kappa shape index (κ2) is 16.5. The van der Waals surface area contributed by atoms with E-state index in [2.05, 4.69) is 30.5 Å². The maximum atomic E-state index is 13.7. The number of benzene rings is 2. The minimum absolute atomic E-state index is 0.0112. The fourth-order valence-corrected chi connectivity index (χ4v) is 7.09. The Hall–Kier alpha value is -2.61. The van der Waals surface area contributed by atoms with Crippen LogP contribution in [0.3, 0.4) is 0 Å². The van der Waals surface area contributed by atoms with E-state index < -0.39 is 5.60 Å². The monoisotopic (exact) mass is 593 g/mol. The van der Waals surface area contributed by atoms with Crippen LogP contribution < -0.4 is 15.4 Å². The van der Waals surface area contributed by atoms with Crippen molar-refractivity contribution in [1.29, 1.82) is 0 Å². The molecule has 3 atom stereocenters. The van der Waals surface area contributed by atoms with Gasteiger partial charge in [0.15, 0.2) is 0 Å². The molecule has 0 aromatic heterocycles. The van der Waals surface area contributed by atoms with Crippen LogP contribution >= 0.6 is 0 Å². The number of hydrogen-bond donors (Lipinski definition) is 3. The van der Waals surface area contributed by atoms with E-state index in [1.165, 1.54) is 37.7 Å². The number of unbranched alkanes of at least 4 members (excludes halogenated alkanes) is 1. The molecule has 0 bridgehead atoms. The predicted molar refractivity (Wildman–Crippen MR) is 174 cm³/mol. The zero-order chi connectivity index (χ0) is 30.7. The Labute approximate surface area is 259 Å². The summed E-state index contributed by atoms with van der Waals surface area (Å²) in [6.45, 7) is 6.76. The van der Waals surface area contributed by atoms with Gasteiger partial charge in [0.2, 0.25) is 0 Å². The molecule has 1 saturated heterocycles. The molecule has 0 radical (unpaired) electrons. The first kappa shape index (κ1) is 33.3. The van der Waals surface area contributed by atoms with Crippen molar-refractivity contribution in [1.82, 2.24) is 15.5 Å². The number of methoxy groups -OCH3 is 1. The highest BCUT2D eigenvalue weighted by molar-refractivity contribution is 5.74. The van der Waals surface area contributed by atoms with Crippen molar-refractivity contribution in [2.45, 2.75) is 96.1 Å². The fraction of sp³-hybridized carbons (Fsp3) is 0.639. The predicted octanol–water partition coefficient (Wildman–Crippen LogP) is 7.08. The molecule has 1 heterocycles. The lowest BCUT2D eigenvalue weighted by Crippen LogP contribution is -2.54. The molecule has 2 aromatic rings. The van der Waals surface area contributed by atoms with Crippen LogP contribution in [0.4, 0.5) is 4.79 Å². The zero-order valence-corrected chi connectivity index (χ0v) is 27.0.